The Hall–Kier alpha value is -1.97. The van der Waals surface area contributed by atoms with Gasteiger partial charge in [-0.05, 0) is 79.5 Å². The van der Waals surface area contributed by atoms with Gasteiger partial charge in [0.25, 0.3) is 0 Å². The first kappa shape index (κ1) is 21.3. The molecular formula is C23H28ClFN2. The van der Waals surface area contributed by atoms with E-state index >= 15 is 0 Å². The molecule has 1 N–H and O–H groups in total. The van der Waals surface area contributed by atoms with Gasteiger partial charge in [0, 0.05) is 30.4 Å². The van der Waals surface area contributed by atoms with E-state index in [0.29, 0.717) is 6.04 Å². The molecule has 4 heteroatoms. The molecule has 3 rings (SSSR count). The zero-order valence-electron chi connectivity index (χ0n) is 16.0. The third-order valence-electron chi connectivity index (χ3n) is 5.00. The maximum absolute atomic E-state index is 13.1. The fourth-order valence-electron chi connectivity index (χ4n) is 3.34. The SMILES string of the molecule is Cc1cc(F)ccc1CCCC[C@@H](C)NCc1ccc2cnccc2c1.Cl. The van der Waals surface area contributed by atoms with Crippen molar-refractivity contribution >= 4 is 23.2 Å². The summed E-state index contributed by atoms with van der Waals surface area (Å²) in [5, 5.41) is 6.03. The number of nitrogens with one attached hydrogen (secondary N) is 1. The molecule has 1 aromatic heterocycles. The van der Waals surface area contributed by atoms with Crippen molar-refractivity contribution in [2.75, 3.05) is 0 Å². The fraction of sp³-hybridized carbons (Fsp3) is 0.348. The van der Waals surface area contributed by atoms with Gasteiger partial charge in [0.2, 0.25) is 0 Å². The van der Waals surface area contributed by atoms with Crippen molar-refractivity contribution in [3.05, 3.63) is 77.4 Å². The molecule has 2 nitrogen and oxygen atoms in total. The lowest BCUT2D eigenvalue weighted by molar-refractivity contribution is 0.489. The van der Waals surface area contributed by atoms with Crippen LogP contribution in [0.2, 0.25) is 0 Å². The molecule has 144 valence electrons. The second-order valence-electron chi connectivity index (χ2n) is 7.16. The van der Waals surface area contributed by atoms with Gasteiger partial charge in [-0.2, -0.15) is 0 Å². The van der Waals surface area contributed by atoms with Crippen molar-refractivity contribution in [2.45, 2.75) is 52.1 Å². The van der Waals surface area contributed by atoms with E-state index in [1.165, 1.54) is 28.3 Å². The number of halogens is 2. The van der Waals surface area contributed by atoms with Crippen LogP contribution < -0.4 is 5.32 Å². The van der Waals surface area contributed by atoms with E-state index in [1.807, 2.05) is 25.4 Å². The Morgan fingerprint density at radius 3 is 2.70 bits per heavy atom. The molecule has 0 fully saturated rings. The molecule has 0 bridgehead atoms. The predicted octanol–water partition coefficient (Wildman–Crippen LogP) is 6.00. The van der Waals surface area contributed by atoms with Crippen molar-refractivity contribution in [1.82, 2.24) is 10.3 Å². The molecule has 0 saturated heterocycles. The number of rotatable bonds is 8. The van der Waals surface area contributed by atoms with Gasteiger partial charge < -0.3 is 5.32 Å². The van der Waals surface area contributed by atoms with Crippen molar-refractivity contribution in [3.8, 4) is 0 Å². The molecule has 0 radical (unpaired) electrons. The second-order valence-corrected chi connectivity index (χ2v) is 7.16. The number of unbranched alkanes of at least 4 members (excludes halogenated alkanes) is 1. The van der Waals surface area contributed by atoms with Gasteiger partial charge in [0.15, 0.2) is 0 Å². The van der Waals surface area contributed by atoms with Crippen LogP contribution in [0.25, 0.3) is 10.8 Å². The number of benzene rings is 2. The molecule has 0 aliphatic rings. The van der Waals surface area contributed by atoms with Gasteiger partial charge in [-0.25, -0.2) is 4.39 Å². The summed E-state index contributed by atoms with van der Waals surface area (Å²) in [4.78, 5) is 4.16. The largest absolute Gasteiger partial charge is 0.310 e. The molecular weight excluding hydrogens is 359 g/mol. The van der Waals surface area contributed by atoms with Gasteiger partial charge in [0.1, 0.15) is 5.82 Å². The Morgan fingerprint density at radius 1 is 1.04 bits per heavy atom. The third kappa shape index (κ3) is 6.30. The van der Waals surface area contributed by atoms with Crippen molar-refractivity contribution in [3.63, 3.8) is 0 Å². The number of fused-ring (bicyclic) bond motifs is 1. The van der Waals surface area contributed by atoms with E-state index in [9.17, 15) is 4.39 Å². The lowest BCUT2D eigenvalue weighted by atomic mass is 10.0. The highest BCUT2D eigenvalue weighted by atomic mass is 35.5. The Labute approximate surface area is 167 Å². The summed E-state index contributed by atoms with van der Waals surface area (Å²) in [6, 6.07) is 14.2. The standard InChI is InChI=1S/C23H27FN2.ClH/c1-17-13-23(24)10-9-20(17)6-4-3-5-18(2)26-15-19-7-8-22-16-25-12-11-21(22)14-19;/h7-14,16,18,26H,3-6,15H2,1-2H3;1H/t18-;/m1./s1. The van der Waals surface area contributed by atoms with E-state index in [2.05, 4.69) is 41.5 Å². The molecule has 3 aromatic rings. The second kappa shape index (κ2) is 10.4. The highest BCUT2D eigenvalue weighted by molar-refractivity contribution is 5.85. The number of aromatic nitrogens is 1. The quantitative estimate of drug-likeness (QED) is 0.480. The number of aryl methyl sites for hydroxylation is 2. The van der Waals surface area contributed by atoms with Crippen LogP contribution >= 0.6 is 12.4 Å². The average molecular weight is 387 g/mol. The van der Waals surface area contributed by atoms with E-state index < -0.39 is 0 Å². The minimum absolute atomic E-state index is 0. The number of pyridine rings is 1. The minimum Gasteiger partial charge on any atom is -0.310 e. The summed E-state index contributed by atoms with van der Waals surface area (Å²) in [5.41, 5.74) is 3.62. The van der Waals surface area contributed by atoms with Crippen molar-refractivity contribution in [1.29, 1.82) is 0 Å². The Balaban J connectivity index is 0.00000261. The zero-order chi connectivity index (χ0) is 18.4. The molecule has 1 atom stereocenters. The summed E-state index contributed by atoms with van der Waals surface area (Å²) < 4.78 is 13.1. The molecule has 0 saturated carbocycles. The fourth-order valence-corrected chi connectivity index (χ4v) is 3.34. The predicted molar refractivity (Wildman–Crippen MR) is 114 cm³/mol. The Bertz CT molecular complexity index is 866. The Kier molecular flexibility index (Phi) is 8.21. The van der Waals surface area contributed by atoms with Crippen LogP contribution in [-0.2, 0) is 13.0 Å². The van der Waals surface area contributed by atoms with Crippen LogP contribution in [0.3, 0.4) is 0 Å². The van der Waals surface area contributed by atoms with Gasteiger partial charge in [-0.1, -0.05) is 24.6 Å². The van der Waals surface area contributed by atoms with Gasteiger partial charge in [-0.15, -0.1) is 12.4 Å². The summed E-state index contributed by atoms with van der Waals surface area (Å²) >= 11 is 0. The normalized spacial score (nSPS) is 12.0. The van der Waals surface area contributed by atoms with Gasteiger partial charge >= 0.3 is 0 Å². The summed E-state index contributed by atoms with van der Waals surface area (Å²) in [6.07, 6.45) is 8.23. The van der Waals surface area contributed by atoms with Crippen LogP contribution in [0.4, 0.5) is 4.39 Å². The number of nitrogens with zero attached hydrogens (tertiary/aromatic N) is 1. The summed E-state index contributed by atoms with van der Waals surface area (Å²) in [6.45, 7) is 5.12. The lowest BCUT2D eigenvalue weighted by Crippen LogP contribution is -2.25. The maximum Gasteiger partial charge on any atom is 0.123 e. The monoisotopic (exact) mass is 386 g/mol. The molecule has 0 aliphatic carbocycles. The summed E-state index contributed by atoms with van der Waals surface area (Å²) in [5.74, 6) is -0.144. The molecule has 1 heterocycles. The molecule has 27 heavy (non-hydrogen) atoms. The number of hydrogen-bond donors (Lipinski definition) is 1. The molecule has 0 amide bonds. The van der Waals surface area contributed by atoms with E-state index in [-0.39, 0.29) is 18.2 Å². The third-order valence-corrected chi connectivity index (χ3v) is 5.00. The highest BCUT2D eigenvalue weighted by Gasteiger charge is 2.04. The molecule has 0 spiro atoms. The van der Waals surface area contributed by atoms with Crippen LogP contribution in [0.1, 0.15) is 42.9 Å². The Morgan fingerprint density at radius 2 is 1.89 bits per heavy atom. The average Bonchev–Trinajstić information content (AvgIpc) is 2.65. The first-order valence-electron chi connectivity index (χ1n) is 9.43. The number of hydrogen-bond acceptors (Lipinski definition) is 2. The first-order valence-corrected chi connectivity index (χ1v) is 9.43. The van der Waals surface area contributed by atoms with Crippen LogP contribution in [0.15, 0.2) is 54.9 Å². The van der Waals surface area contributed by atoms with Gasteiger partial charge in [-0.3, -0.25) is 4.98 Å². The lowest BCUT2D eigenvalue weighted by Gasteiger charge is -2.14. The molecule has 0 aliphatic heterocycles. The zero-order valence-corrected chi connectivity index (χ0v) is 16.9. The highest BCUT2D eigenvalue weighted by Crippen LogP contribution is 2.16. The van der Waals surface area contributed by atoms with Crippen molar-refractivity contribution < 1.29 is 4.39 Å². The molecule has 0 unspecified atom stereocenters. The van der Waals surface area contributed by atoms with E-state index in [0.717, 1.165) is 31.4 Å². The topological polar surface area (TPSA) is 24.9 Å². The van der Waals surface area contributed by atoms with Crippen LogP contribution in [-0.4, -0.2) is 11.0 Å². The van der Waals surface area contributed by atoms with Crippen LogP contribution in [0.5, 0.6) is 0 Å². The van der Waals surface area contributed by atoms with Crippen molar-refractivity contribution in [2.24, 2.45) is 0 Å². The van der Waals surface area contributed by atoms with E-state index in [1.54, 1.807) is 12.1 Å². The maximum atomic E-state index is 13.1. The molecule has 2 aromatic carbocycles. The summed E-state index contributed by atoms with van der Waals surface area (Å²) in [7, 11) is 0. The smallest absolute Gasteiger partial charge is 0.123 e. The van der Waals surface area contributed by atoms with Gasteiger partial charge in [0.05, 0.1) is 0 Å². The minimum atomic E-state index is -0.144. The van der Waals surface area contributed by atoms with Crippen LogP contribution in [0, 0.1) is 12.7 Å². The first-order chi connectivity index (χ1) is 12.6. The van der Waals surface area contributed by atoms with E-state index in [4.69, 9.17) is 0 Å².